The Morgan fingerprint density at radius 2 is 1.63 bits per heavy atom. The highest BCUT2D eigenvalue weighted by molar-refractivity contribution is 5.93. The Hall–Kier alpha value is -2.92. The zero-order chi connectivity index (χ0) is 19.1. The van der Waals surface area contributed by atoms with Crippen LogP contribution in [0, 0.1) is 6.92 Å². The Morgan fingerprint density at radius 3 is 2.30 bits per heavy atom. The first-order chi connectivity index (χ1) is 13.1. The highest BCUT2D eigenvalue weighted by Crippen LogP contribution is 2.08. The lowest BCUT2D eigenvalue weighted by Crippen LogP contribution is -2.50. The van der Waals surface area contributed by atoms with Gasteiger partial charge in [-0.05, 0) is 30.7 Å². The number of para-hydroxylation sites is 1. The quantitative estimate of drug-likeness (QED) is 0.831. The topological polar surface area (TPSA) is 52.7 Å². The minimum Gasteiger partial charge on any atom is -0.337 e. The standard InChI is InChI=1S/C22H25N3O2/c1-18-7-9-19(10-8-18)11-12-22(27)25-15-13-24(14-16-25)17-21(26)23-20-5-3-2-4-6-20/h2-12H,13-17H2,1H3,(H,23,26)/b12-11+. The van der Waals surface area contributed by atoms with Crippen molar-refractivity contribution in [2.75, 3.05) is 38.0 Å². The number of anilines is 1. The maximum atomic E-state index is 12.3. The predicted molar refractivity (Wildman–Crippen MR) is 108 cm³/mol. The van der Waals surface area contributed by atoms with Gasteiger partial charge in [0.25, 0.3) is 0 Å². The van der Waals surface area contributed by atoms with Crippen molar-refractivity contribution in [3.05, 3.63) is 71.8 Å². The number of nitrogens with one attached hydrogen (secondary N) is 1. The Bertz CT molecular complexity index is 792. The van der Waals surface area contributed by atoms with Gasteiger partial charge >= 0.3 is 0 Å². The van der Waals surface area contributed by atoms with Crippen LogP contribution in [0.4, 0.5) is 5.69 Å². The van der Waals surface area contributed by atoms with E-state index in [9.17, 15) is 9.59 Å². The number of hydrogen-bond acceptors (Lipinski definition) is 3. The van der Waals surface area contributed by atoms with Crippen LogP contribution in [0.25, 0.3) is 6.08 Å². The molecule has 27 heavy (non-hydrogen) atoms. The van der Waals surface area contributed by atoms with Gasteiger partial charge in [-0.2, -0.15) is 0 Å². The Kier molecular flexibility index (Phi) is 6.39. The number of nitrogens with zero attached hydrogens (tertiary/aromatic N) is 2. The number of rotatable bonds is 5. The first-order valence-corrected chi connectivity index (χ1v) is 9.21. The summed E-state index contributed by atoms with van der Waals surface area (Å²) in [5, 5.41) is 2.89. The van der Waals surface area contributed by atoms with Crippen molar-refractivity contribution in [3.63, 3.8) is 0 Å². The predicted octanol–water partition coefficient (Wildman–Crippen LogP) is 2.79. The van der Waals surface area contributed by atoms with Gasteiger partial charge in [0, 0.05) is 37.9 Å². The lowest BCUT2D eigenvalue weighted by Gasteiger charge is -2.33. The van der Waals surface area contributed by atoms with Gasteiger partial charge < -0.3 is 10.2 Å². The minimum absolute atomic E-state index is 0.0176. The number of amides is 2. The Morgan fingerprint density at radius 1 is 0.963 bits per heavy atom. The summed E-state index contributed by atoms with van der Waals surface area (Å²) in [5.41, 5.74) is 3.02. The largest absolute Gasteiger partial charge is 0.337 e. The molecule has 2 aromatic rings. The highest BCUT2D eigenvalue weighted by atomic mass is 16.2. The van der Waals surface area contributed by atoms with E-state index in [2.05, 4.69) is 10.2 Å². The molecule has 140 valence electrons. The summed E-state index contributed by atoms with van der Waals surface area (Å²) >= 11 is 0. The van der Waals surface area contributed by atoms with Crippen LogP contribution >= 0.6 is 0 Å². The monoisotopic (exact) mass is 363 g/mol. The van der Waals surface area contributed by atoms with E-state index in [-0.39, 0.29) is 11.8 Å². The third-order valence-electron chi connectivity index (χ3n) is 4.60. The van der Waals surface area contributed by atoms with Gasteiger partial charge in [-0.1, -0.05) is 48.0 Å². The number of piperazine rings is 1. The van der Waals surface area contributed by atoms with E-state index in [0.29, 0.717) is 32.7 Å². The van der Waals surface area contributed by atoms with Crippen LogP contribution in [-0.4, -0.2) is 54.3 Å². The molecule has 1 N–H and O–H groups in total. The molecule has 2 amide bonds. The molecule has 0 aliphatic carbocycles. The first-order valence-electron chi connectivity index (χ1n) is 9.21. The van der Waals surface area contributed by atoms with Crippen molar-refractivity contribution in [2.45, 2.75) is 6.92 Å². The molecule has 0 unspecified atom stereocenters. The van der Waals surface area contributed by atoms with Crippen LogP contribution in [-0.2, 0) is 9.59 Å². The Balaban J connectivity index is 1.43. The molecule has 1 aliphatic heterocycles. The lowest BCUT2D eigenvalue weighted by molar-refractivity contribution is -0.127. The van der Waals surface area contributed by atoms with Crippen molar-refractivity contribution < 1.29 is 9.59 Å². The number of benzene rings is 2. The van der Waals surface area contributed by atoms with E-state index in [1.165, 1.54) is 5.56 Å². The number of carbonyl (C=O) groups excluding carboxylic acids is 2. The van der Waals surface area contributed by atoms with Crippen molar-refractivity contribution in [2.24, 2.45) is 0 Å². The summed E-state index contributed by atoms with van der Waals surface area (Å²) in [5.74, 6) is -0.00999. The molecule has 0 saturated carbocycles. The van der Waals surface area contributed by atoms with Gasteiger partial charge in [0.2, 0.25) is 11.8 Å². The van der Waals surface area contributed by atoms with E-state index in [4.69, 9.17) is 0 Å². The number of aryl methyl sites for hydroxylation is 1. The maximum Gasteiger partial charge on any atom is 0.246 e. The van der Waals surface area contributed by atoms with E-state index in [1.807, 2.05) is 72.5 Å². The molecule has 0 aromatic heterocycles. The molecule has 3 rings (SSSR count). The van der Waals surface area contributed by atoms with E-state index in [0.717, 1.165) is 11.3 Å². The average molecular weight is 363 g/mol. The molecule has 0 bridgehead atoms. The third kappa shape index (κ3) is 5.79. The van der Waals surface area contributed by atoms with Crippen LogP contribution in [0.2, 0.25) is 0 Å². The molecule has 1 aliphatic rings. The normalized spacial score (nSPS) is 15.1. The second-order valence-electron chi connectivity index (χ2n) is 6.76. The number of carbonyl (C=O) groups is 2. The fourth-order valence-corrected chi connectivity index (χ4v) is 3.00. The molecule has 1 fully saturated rings. The summed E-state index contributed by atoms with van der Waals surface area (Å²) in [4.78, 5) is 28.4. The maximum absolute atomic E-state index is 12.3. The molecule has 1 heterocycles. The Labute approximate surface area is 160 Å². The fourth-order valence-electron chi connectivity index (χ4n) is 3.00. The molecule has 0 radical (unpaired) electrons. The zero-order valence-electron chi connectivity index (χ0n) is 15.6. The molecule has 1 saturated heterocycles. The van der Waals surface area contributed by atoms with Gasteiger partial charge in [0.15, 0.2) is 0 Å². The zero-order valence-corrected chi connectivity index (χ0v) is 15.6. The summed E-state index contributed by atoms with van der Waals surface area (Å²) in [6, 6.07) is 17.5. The van der Waals surface area contributed by atoms with E-state index < -0.39 is 0 Å². The van der Waals surface area contributed by atoms with Gasteiger partial charge in [-0.25, -0.2) is 0 Å². The smallest absolute Gasteiger partial charge is 0.246 e. The SMILES string of the molecule is Cc1ccc(/C=C/C(=O)N2CCN(CC(=O)Nc3ccccc3)CC2)cc1. The van der Waals surface area contributed by atoms with Crippen LogP contribution in [0.5, 0.6) is 0 Å². The average Bonchev–Trinajstić information content (AvgIpc) is 2.68. The summed E-state index contributed by atoms with van der Waals surface area (Å²) in [6.45, 7) is 5.05. The van der Waals surface area contributed by atoms with Crippen molar-refractivity contribution in [1.82, 2.24) is 9.80 Å². The number of hydrogen-bond donors (Lipinski definition) is 1. The summed E-state index contributed by atoms with van der Waals surface area (Å²) in [6.07, 6.45) is 3.48. The fraction of sp³-hybridized carbons (Fsp3) is 0.273. The van der Waals surface area contributed by atoms with Gasteiger partial charge in [0.1, 0.15) is 0 Å². The van der Waals surface area contributed by atoms with Gasteiger partial charge in [-0.15, -0.1) is 0 Å². The van der Waals surface area contributed by atoms with Crippen molar-refractivity contribution in [3.8, 4) is 0 Å². The second-order valence-corrected chi connectivity index (χ2v) is 6.76. The van der Waals surface area contributed by atoms with Crippen molar-refractivity contribution >= 4 is 23.6 Å². The van der Waals surface area contributed by atoms with Gasteiger partial charge in [0.05, 0.1) is 6.54 Å². The van der Waals surface area contributed by atoms with Gasteiger partial charge in [-0.3, -0.25) is 14.5 Å². The highest BCUT2D eigenvalue weighted by Gasteiger charge is 2.21. The molecular weight excluding hydrogens is 338 g/mol. The van der Waals surface area contributed by atoms with Crippen LogP contribution < -0.4 is 5.32 Å². The van der Waals surface area contributed by atoms with Crippen LogP contribution in [0.3, 0.4) is 0 Å². The molecule has 0 atom stereocenters. The minimum atomic E-state index is -0.0276. The lowest BCUT2D eigenvalue weighted by atomic mass is 10.1. The molecule has 5 heteroatoms. The molecule has 2 aromatic carbocycles. The third-order valence-corrected chi connectivity index (χ3v) is 4.60. The van der Waals surface area contributed by atoms with E-state index in [1.54, 1.807) is 6.08 Å². The van der Waals surface area contributed by atoms with Crippen LogP contribution in [0.1, 0.15) is 11.1 Å². The molecular formula is C22H25N3O2. The summed E-state index contributed by atoms with van der Waals surface area (Å²) in [7, 11) is 0. The summed E-state index contributed by atoms with van der Waals surface area (Å²) < 4.78 is 0. The van der Waals surface area contributed by atoms with Crippen LogP contribution in [0.15, 0.2) is 60.7 Å². The van der Waals surface area contributed by atoms with E-state index >= 15 is 0 Å². The second kappa shape index (κ2) is 9.14. The van der Waals surface area contributed by atoms with Crippen molar-refractivity contribution in [1.29, 1.82) is 0 Å². The molecule has 5 nitrogen and oxygen atoms in total. The first kappa shape index (κ1) is 18.9. The molecule has 0 spiro atoms.